The number of hydrogen-bond donors (Lipinski definition) is 2. The number of piperazine rings is 1. The van der Waals surface area contributed by atoms with E-state index in [1.165, 1.54) is 11.3 Å². The Morgan fingerprint density at radius 3 is 2.76 bits per heavy atom. The van der Waals surface area contributed by atoms with E-state index in [0.717, 1.165) is 44.8 Å². The van der Waals surface area contributed by atoms with Crippen molar-refractivity contribution in [2.24, 2.45) is 0 Å². The quantitative estimate of drug-likeness (QED) is 0.734. The first-order valence-electron chi connectivity index (χ1n) is 8.20. The van der Waals surface area contributed by atoms with E-state index >= 15 is 0 Å². The summed E-state index contributed by atoms with van der Waals surface area (Å²) in [6.07, 6.45) is 4.31. The predicted molar refractivity (Wildman–Crippen MR) is 101 cm³/mol. The molecule has 1 amide bonds. The van der Waals surface area contributed by atoms with Crippen LogP contribution in [-0.4, -0.2) is 65.0 Å². The van der Waals surface area contributed by atoms with Gasteiger partial charge in [-0.25, -0.2) is 15.0 Å². The van der Waals surface area contributed by atoms with Gasteiger partial charge in [-0.15, -0.1) is 23.7 Å². The third kappa shape index (κ3) is 5.43. The van der Waals surface area contributed by atoms with Crippen molar-refractivity contribution < 1.29 is 4.79 Å². The van der Waals surface area contributed by atoms with Crippen LogP contribution in [0.15, 0.2) is 18.5 Å². The van der Waals surface area contributed by atoms with Crippen molar-refractivity contribution in [2.75, 3.05) is 39.3 Å². The number of halogens is 1. The molecule has 3 heterocycles. The molecule has 25 heavy (non-hydrogen) atoms. The molecule has 9 heteroatoms. The van der Waals surface area contributed by atoms with Crippen LogP contribution in [0.5, 0.6) is 0 Å². The molecule has 2 aromatic heterocycles. The highest BCUT2D eigenvalue weighted by Gasteiger charge is 2.17. The maximum absolute atomic E-state index is 12.4. The van der Waals surface area contributed by atoms with E-state index in [2.05, 4.69) is 30.5 Å². The molecule has 1 saturated heterocycles. The second kappa shape index (κ2) is 9.76. The Bertz CT molecular complexity index is 675. The van der Waals surface area contributed by atoms with E-state index in [9.17, 15) is 4.79 Å². The average Bonchev–Trinajstić information content (AvgIpc) is 3.02. The number of carbonyl (C=O) groups is 1. The molecule has 0 radical (unpaired) electrons. The molecule has 0 aliphatic carbocycles. The predicted octanol–water partition coefficient (Wildman–Crippen LogP) is 1.36. The Balaban J connectivity index is 0.00000225. The van der Waals surface area contributed by atoms with Gasteiger partial charge in [0.15, 0.2) is 10.8 Å². The first-order chi connectivity index (χ1) is 11.7. The van der Waals surface area contributed by atoms with Crippen LogP contribution < -0.4 is 10.6 Å². The highest BCUT2D eigenvalue weighted by atomic mass is 35.5. The number of nitrogens with zero attached hydrogens (tertiary/aromatic N) is 4. The van der Waals surface area contributed by atoms with E-state index in [1.807, 2.05) is 6.92 Å². The zero-order valence-corrected chi connectivity index (χ0v) is 15.8. The topological polar surface area (TPSA) is 83.0 Å². The minimum absolute atomic E-state index is 0. The van der Waals surface area contributed by atoms with Gasteiger partial charge in [0.2, 0.25) is 0 Å². The molecule has 0 aromatic carbocycles. The van der Waals surface area contributed by atoms with E-state index in [4.69, 9.17) is 0 Å². The van der Waals surface area contributed by atoms with Gasteiger partial charge in [-0.05, 0) is 26.0 Å². The highest BCUT2D eigenvalue weighted by Crippen LogP contribution is 2.24. The largest absolute Gasteiger partial charge is 0.351 e. The summed E-state index contributed by atoms with van der Waals surface area (Å²) in [6, 6.07) is 1.76. The lowest BCUT2D eigenvalue weighted by molar-refractivity contribution is 0.0954. The monoisotopic (exact) mass is 382 g/mol. The molecule has 0 spiro atoms. The van der Waals surface area contributed by atoms with Crippen LogP contribution in [0, 0.1) is 6.92 Å². The number of thiazole rings is 1. The van der Waals surface area contributed by atoms with E-state index < -0.39 is 0 Å². The summed E-state index contributed by atoms with van der Waals surface area (Å²) in [5.41, 5.74) is 0.724. The molecule has 2 aromatic rings. The van der Waals surface area contributed by atoms with E-state index in [1.54, 1.807) is 18.5 Å². The highest BCUT2D eigenvalue weighted by molar-refractivity contribution is 7.17. The molecule has 1 fully saturated rings. The Morgan fingerprint density at radius 1 is 1.32 bits per heavy atom. The van der Waals surface area contributed by atoms with Crippen LogP contribution >= 0.6 is 23.7 Å². The maximum Gasteiger partial charge on any atom is 0.263 e. The Kier molecular flexibility index (Phi) is 7.70. The Labute approximate surface area is 157 Å². The lowest BCUT2D eigenvalue weighted by Gasteiger charge is -2.27. The molecular weight excluding hydrogens is 360 g/mol. The number of aromatic nitrogens is 3. The standard InChI is InChI=1S/C16H22N6OS.ClH/c1-12-13(24-16(21-12)14-18-4-2-5-19-14)15(23)20-6-3-9-22-10-7-17-8-11-22;/h2,4-5,17H,3,6-11H2,1H3,(H,20,23);1H. The minimum atomic E-state index is -0.0625. The second-order valence-electron chi connectivity index (χ2n) is 5.71. The van der Waals surface area contributed by atoms with Crippen LogP contribution in [0.4, 0.5) is 0 Å². The molecule has 0 bridgehead atoms. The average molecular weight is 383 g/mol. The zero-order chi connectivity index (χ0) is 16.8. The van der Waals surface area contributed by atoms with Gasteiger partial charge in [0, 0.05) is 45.1 Å². The second-order valence-corrected chi connectivity index (χ2v) is 6.71. The number of amides is 1. The third-order valence-electron chi connectivity index (χ3n) is 3.91. The molecule has 1 aliphatic rings. The number of aryl methyl sites for hydroxylation is 1. The van der Waals surface area contributed by atoms with Crippen molar-refractivity contribution in [2.45, 2.75) is 13.3 Å². The van der Waals surface area contributed by atoms with Gasteiger partial charge in [0.25, 0.3) is 5.91 Å². The Hall–Kier alpha value is -1.61. The lowest BCUT2D eigenvalue weighted by Crippen LogP contribution is -2.44. The van der Waals surface area contributed by atoms with Gasteiger partial charge in [0.05, 0.1) is 5.69 Å². The van der Waals surface area contributed by atoms with Crippen molar-refractivity contribution in [3.63, 3.8) is 0 Å². The van der Waals surface area contributed by atoms with Gasteiger partial charge in [0.1, 0.15) is 4.88 Å². The minimum Gasteiger partial charge on any atom is -0.351 e. The molecule has 7 nitrogen and oxygen atoms in total. The Morgan fingerprint density at radius 2 is 2.04 bits per heavy atom. The number of hydrogen-bond acceptors (Lipinski definition) is 7. The van der Waals surface area contributed by atoms with Crippen LogP contribution in [0.25, 0.3) is 10.8 Å². The molecule has 0 unspecified atom stereocenters. The normalized spacial score (nSPS) is 14.8. The van der Waals surface area contributed by atoms with Crippen molar-refractivity contribution >= 4 is 29.7 Å². The fourth-order valence-electron chi connectivity index (χ4n) is 2.63. The molecule has 3 rings (SSSR count). The van der Waals surface area contributed by atoms with Gasteiger partial charge in [-0.1, -0.05) is 0 Å². The van der Waals surface area contributed by atoms with Crippen molar-refractivity contribution in [3.8, 4) is 10.8 Å². The third-order valence-corrected chi connectivity index (χ3v) is 5.06. The van der Waals surface area contributed by atoms with Crippen LogP contribution in [0.2, 0.25) is 0 Å². The van der Waals surface area contributed by atoms with Crippen molar-refractivity contribution in [1.29, 1.82) is 0 Å². The summed E-state index contributed by atoms with van der Waals surface area (Å²) in [4.78, 5) is 28.2. The number of rotatable bonds is 6. The molecule has 2 N–H and O–H groups in total. The van der Waals surface area contributed by atoms with Gasteiger partial charge >= 0.3 is 0 Å². The van der Waals surface area contributed by atoms with E-state index in [-0.39, 0.29) is 18.3 Å². The molecule has 0 atom stereocenters. The fourth-order valence-corrected chi connectivity index (χ4v) is 3.56. The summed E-state index contributed by atoms with van der Waals surface area (Å²) in [5.74, 6) is 0.496. The van der Waals surface area contributed by atoms with Crippen molar-refractivity contribution in [3.05, 3.63) is 29.0 Å². The smallest absolute Gasteiger partial charge is 0.263 e. The molecular formula is C16H23ClN6OS. The molecule has 1 aliphatic heterocycles. The number of nitrogens with one attached hydrogen (secondary N) is 2. The summed E-state index contributed by atoms with van der Waals surface area (Å²) < 4.78 is 0. The first kappa shape index (κ1) is 19.7. The van der Waals surface area contributed by atoms with Gasteiger partial charge < -0.3 is 15.5 Å². The lowest BCUT2D eigenvalue weighted by atomic mass is 10.3. The fraction of sp³-hybridized carbons (Fsp3) is 0.500. The summed E-state index contributed by atoms with van der Waals surface area (Å²) in [6.45, 7) is 7.82. The maximum atomic E-state index is 12.4. The van der Waals surface area contributed by atoms with Crippen LogP contribution in [-0.2, 0) is 0 Å². The molecule has 0 saturated carbocycles. The first-order valence-corrected chi connectivity index (χ1v) is 9.02. The SMILES string of the molecule is Cc1nc(-c2ncccn2)sc1C(=O)NCCCN1CCNCC1.Cl. The summed E-state index contributed by atoms with van der Waals surface area (Å²) >= 11 is 1.34. The van der Waals surface area contributed by atoms with E-state index in [0.29, 0.717) is 22.3 Å². The van der Waals surface area contributed by atoms with Gasteiger partial charge in [-0.3, -0.25) is 4.79 Å². The number of carbonyl (C=O) groups excluding carboxylic acids is 1. The van der Waals surface area contributed by atoms with Crippen LogP contribution in [0.1, 0.15) is 21.8 Å². The molecule has 136 valence electrons. The van der Waals surface area contributed by atoms with Crippen molar-refractivity contribution in [1.82, 2.24) is 30.5 Å². The summed E-state index contributed by atoms with van der Waals surface area (Å²) in [5, 5.41) is 7.01. The van der Waals surface area contributed by atoms with Crippen LogP contribution in [0.3, 0.4) is 0 Å². The van der Waals surface area contributed by atoms with Gasteiger partial charge in [-0.2, -0.15) is 0 Å². The summed E-state index contributed by atoms with van der Waals surface area (Å²) in [7, 11) is 0. The zero-order valence-electron chi connectivity index (χ0n) is 14.2.